The van der Waals surface area contributed by atoms with Gasteiger partial charge in [0.15, 0.2) is 0 Å². The van der Waals surface area contributed by atoms with E-state index in [4.69, 9.17) is 4.74 Å². The average molecular weight is 275 g/mol. The Hall–Kier alpha value is -1.02. The first kappa shape index (κ1) is 15.4. The minimum Gasteiger partial charge on any atom is -0.497 e. The monoisotopic (exact) mass is 275 g/mol. The smallest absolute Gasteiger partial charge is 0.119 e. The predicted octanol–water partition coefficient (Wildman–Crippen LogP) is 4.07. The number of hydrogen-bond donors (Lipinski definition) is 1. The third-order valence-electron chi connectivity index (χ3n) is 4.97. The van der Waals surface area contributed by atoms with Gasteiger partial charge in [0.1, 0.15) is 5.75 Å². The van der Waals surface area contributed by atoms with E-state index in [1.807, 2.05) is 6.07 Å². The van der Waals surface area contributed by atoms with E-state index in [1.54, 1.807) is 7.11 Å². The van der Waals surface area contributed by atoms with Crippen LogP contribution in [0.25, 0.3) is 0 Å². The molecule has 0 spiro atoms. The van der Waals surface area contributed by atoms with Crippen LogP contribution in [0.1, 0.15) is 44.6 Å². The Morgan fingerprint density at radius 1 is 1.30 bits per heavy atom. The molecule has 2 heteroatoms. The Balaban J connectivity index is 2.21. The standard InChI is InChI=1S/C18H29NO/c1-13(2)14-8-9-16(12-19-3)18(11-14)15-6-5-7-17(10-15)20-4/h5-7,10,13-14,16,18-19H,8-9,11-12H2,1-4H3. The first-order valence-electron chi connectivity index (χ1n) is 7.94. The van der Waals surface area contributed by atoms with Crippen LogP contribution in [0, 0.1) is 17.8 Å². The summed E-state index contributed by atoms with van der Waals surface area (Å²) in [6, 6.07) is 8.68. The van der Waals surface area contributed by atoms with Gasteiger partial charge in [-0.2, -0.15) is 0 Å². The molecule has 1 aliphatic rings. The van der Waals surface area contributed by atoms with Crippen molar-refractivity contribution in [3.05, 3.63) is 29.8 Å². The van der Waals surface area contributed by atoms with Crippen LogP contribution < -0.4 is 10.1 Å². The minimum absolute atomic E-state index is 0.665. The summed E-state index contributed by atoms with van der Waals surface area (Å²) in [5.74, 6) is 4.05. The highest BCUT2D eigenvalue weighted by molar-refractivity contribution is 5.31. The molecule has 0 bridgehead atoms. The molecular weight excluding hydrogens is 246 g/mol. The van der Waals surface area contributed by atoms with Gasteiger partial charge < -0.3 is 10.1 Å². The Labute approximate surface area is 123 Å². The van der Waals surface area contributed by atoms with Gasteiger partial charge in [-0.3, -0.25) is 0 Å². The summed E-state index contributed by atoms with van der Waals surface area (Å²) in [5, 5.41) is 3.38. The Kier molecular flexibility index (Phi) is 5.47. The molecular formula is C18H29NO. The molecule has 1 aromatic rings. The Morgan fingerprint density at radius 2 is 2.10 bits per heavy atom. The van der Waals surface area contributed by atoms with Crippen molar-refractivity contribution < 1.29 is 4.74 Å². The summed E-state index contributed by atoms with van der Waals surface area (Å²) in [6.45, 7) is 5.85. The van der Waals surface area contributed by atoms with Gasteiger partial charge in [-0.25, -0.2) is 0 Å². The normalized spacial score (nSPS) is 26.8. The highest BCUT2D eigenvalue weighted by atomic mass is 16.5. The van der Waals surface area contributed by atoms with Gasteiger partial charge in [0.2, 0.25) is 0 Å². The van der Waals surface area contributed by atoms with Crippen LogP contribution in [0.15, 0.2) is 24.3 Å². The van der Waals surface area contributed by atoms with Crippen molar-refractivity contribution in [1.82, 2.24) is 5.32 Å². The number of nitrogens with one attached hydrogen (secondary N) is 1. The van der Waals surface area contributed by atoms with E-state index in [-0.39, 0.29) is 0 Å². The van der Waals surface area contributed by atoms with Gasteiger partial charge >= 0.3 is 0 Å². The number of rotatable bonds is 5. The molecule has 0 aromatic heterocycles. The second kappa shape index (κ2) is 7.12. The van der Waals surface area contributed by atoms with Crippen molar-refractivity contribution in [2.45, 2.75) is 39.0 Å². The molecule has 2 nitrogen and oxygen atoms in total. The molecule has 1 aliphatic carbocycles. The van der Waals surface area contributed by atoms with Crippen LogP contribution in [-0.2, 0) is 0 Å². The predicted molar refractivity (Wildman–Crippen MR) is 85.3 cm³/mol. The van der Waals surface area contributed by atoms with Gasteiger partial charge in [-0.1, -0.05) is 26.0 Å². The Bertz CT molecular complexity index is 416. The number of ether oxygens (including phenoxy) is 1. The number of benzene rings is 1. The summed E-state index contributed by atoms with van der Waals surface area (Å²) in [7, 11) is 3.82. The third-order valence-corrected chi connectivity index (χ3v) is 4.97. The second-order valence-corrected chi connectivity index (χ2v) is 6.52. The maximum absolute atomic E-state index is 5.40. The molecule has 0 amide bonds. The molecule has 3 unspecified atom stereocenters. The highest BCUT2D eigenvalue weighted by Crippen LogP contribution is 2.43. The topological polar surface area (TPSA) is 21.3 Å². The summed E-state index contributed by atoms with van der Waals surface area (Å²) < 4.78 is 5.40. The molecule has 1 aromatic carbocycles. The second-order valence-electron chi connectivity index (χ2n) is 6.52. The molecule has 3 atom stereocenters. The number of hydrogen-bond acceptors (Lipinski definition) is 2. The zero-order valence-corrected chi connectivity index (χ0v) is 13.4. The SMILES string of the molecule is CNCC1CCC(C(C)C)CC1c1cccc(OC)c1. The van der Waals surface area contributed by atoms with E-state index in [9.17, 15) is 0 Å². The van der Waals surface area contributed by atoms with Crippen molar-refractivity contribution in [3.63, 3.8) is 0 Å². The fourth-order valence-corrected chi connectivity index (χ4v) is 3.66. The molecule has 0 saturated heterocycles. The molecule has 0 heterocycles. The van der Waals surface area contributed by atoms with Crippen LogP contribution in [0.3, 0.4) is 0 Å². The first-order valence-corrected chi connectivity index (χ1v) is 7.94. The molecule has 0 radical (unpaired) electrons. The maximum Gasteiger partial charge on any atom is 0.119 e. The highest BCUT2D eigenvalue weighted by Gasteiger charge is 2.32. The zero-order chi connectivity index (χ0) is 14.5. The fraction of sp³-hybridized carbons (Fsp3) is 0.667. The number of methoxy groups -OCH3 is 1. The first-order chi connectivity index (χ1) is 9.65. The average Bonchev–Trinajstić information content (AvgIpc) is 2.48. The summed E-state index contributed by atoms with van der Waals surface area (Å²) in [4.78, 5) is 0. The minimum atomic E-state index is 0.665. The van der Waals surface area contributed by atoms with E-state index in [2.05, 4.69) is 44.4 Å². The van der Waals surface area contributed by atoms with Crippen molar-refractivity contribution in [1.29, 1.82) is 0 Å². The Morgan fingerprint density at radius 3 is 2.75 bits per heavy atom. The lowest BCUT2D eigenvalue weighted by Crippen LogP contribution is -2.32. The molecule has 1 N–H and O–H groups in total. The van der Waals surface area contributed by atoms with Crippen molar-refractivity contribution in [3.8, 4) is 5.75 Å². The van der Waals surface area contributed by atoms with Crippen molar-refractivity contribution in [2.24, 2.45) is 17.8 Å². The van der Waals surface area contributed by atoms with Gasteiger partial charge in [0.05, 0.1) is 7.11 Å². The lowest BCUT2D eigenvalue weighted by molar-refractivity contribution is 0.192. The van der Waals surface area contributed by atoms with Gasteiger partial charge in [0, 0.05) is 0 Å². The van der Waals surface area contributed by atoms with E-state index < -0.39 is 0 Å². The van der Waals surface area contributed by atoms with E-state index in [1.165, 1.54) is 24.8 Å². The molecule has 0 aliphatic heterocycles. The van der Waals surface area contributed by atoms with Gasteiger partial charge in [-0.15, -0.1) is 0 Å². The summed E-state index contributed by atoms with van der Waals surface area (Å²) >= 11 is 0. The van der Waals surface area contributed by atoms with Crippen LogP contribution in [-0.4, -0.2) is 20.7 Å². The molecule has 1 saturated carbocycles. The molecule has 2 rings (SSSR count). The fourth-order valence-electron chi connectivity index (χ4n) is 3.66. The summed E-state index contributed by atoms with van der Waals surface area (Å²) in [5.41, 5.74) is 1.45. The lowest BCUT2D eigenvalue weighted by Gasteiger charge is -2.38. The maximum atomic E-state index is 5.40. The van der Waals surface area contributed by atoms with Gasteiger partial charge in [-0.05, 0) is 74.2 Å². The van der Waals surface area contributed by atoms with E-state index >= 15 is 0 Å². The van der Waals surface area contributed by atoms with Crippen molar-refractivity contribution in [2.75, 3.05) is 20.7 Å². The lowest BCUT2D eigenvalue weighted by atomic mass is 9.68. The van der Waals surface area contributed by atoms with Gasteiger partial charge in [0.25, 0.3) is 0 Å². The van der Waals surface area contributed by atoms with E-state index in [0.29, 0.717) is 5.92 Å². The van der Waals surface area contributed by atoms with Crippen LogP contribution >= 0.6 is 0 Å². The molecule has 112 valence electrons. The quantitative estimate of drug-likeness (QED) is 0.874. The van der Waals surface area contributed by atoms with Crippen LogP contribution in [0.4, 0.5) is 0 Å². The van der Waals surface area contributed by atoms with Crippen LogP contribution in [0.2, 0.25) is 0 Å². The van der Waals surface area contributed by atoms with Crippen molar-refractivity contribution >= 4 is 0 Å². The third kappa shape index (κ3) is 3.54. The molecule has 20 heavy (non-hydrogen) atoms. The summed E-state index contributed by atoms with van der Waals surface area (Å²) in [6.07, 6.45) is 4.03. The van der Waals surface area contributed by atoms with Crippen LogP contribution in [0.5, 0.6) is 5.75 Å². The zero-order valence-electron chi connectivity index (χ0n) is 13.4. The van der Waals surface area contributed by atoms with E-state index in [0.717, 1.165) is 30.0 Å². The largest absolute Gasteiger partial charge is 0.497 e. The molecule has 1 fully saturated rings.